The van der Waals surface area contributed by atoms with Gasteiger partial charge in [-0.25, -0.2) is 4.98 Å². The summed E-state index contributed by atoms with van der Waals surface area (Å²) >= 11 is 0. The van der Waals surface area contributed by atoms with Crippen molar-refractivity contribution in [2.24, 2.45) is 11.8 Å². The molecule has 0 aliphatic heterocycles. The third-order valence-corrected chi connectivity index (χ3v) is 6.36. The van der Waals surface area contributed by atoms with Gasteiger partial charge in [-0.3, -0.25) is 4.79 Å². The minimum Gasteiger partial charge on any atom is -0.441 e. The van der Waals surface area contributed by atoms with E-state index in [1.54, 1.807) is 0 Å². The summed E-state index contributed by atoms with van der Waals surface area (Å²) in [5, 5.41) is 3.27. The van der Waals surface area contributed by atoms with Gasteiger partial charge in [-0.15, -0.1) is 0 Å². The van der Waals surface area contributed by atoms with E-state index in [9.17, 15) is 4.79 Å². The van der Waals surface area contributed by atoms with Gasteiger partial charge in [0, 0.05) is 24.1 Å². The average molecular weight is 397 g/mol. The van der Waals surface area contributed by atoms with Crippen LogP contribution in [0.2, 0.25) is 0 Å². The van der Waals surface area contributed by atoms with Crippen molar-refractivity contribution in [2.45, 2.75) is 71.4 Å². The smallest absolute Gasteiger partial charge is 0.226 e. The summed E-state index contributed by atoms with van der Waals surface area (Å²) in [5.41, 5.74) is 3.05. The van der Waals surface area contributed by atoms with Gasteiger partial charge in [-0.05, 0) is 64.0 Å². The van der Waals surface area contributed by atoms with E-state index in [-0.39, 0.29) is 11.8 Å². The Morgan fingerprint density at radius 2 is 2.03 bits per heavy atom. The molecule has 1 aromatic carbocycles. The van der Waals surface area contributed by atoms with Crippen LogP contribution in [0.15, 0.2) is 28.7 Å². The highest BCUT2D eigenvalue weighted by Crippen LogP contribution is 2.29. The topological polar surface area (TPSA) is 64.4 Å². The van der Waals surface area contributed by atoms with Crippen molar-refractivity contribution in [3.05, 3.63) is 41.3 Å². The first kappa shape index (κ1) is 20.1. The molecule has 1 aromatic heterocycles. The lowest BCUT2D eigenvalue weighted by Crippen LogP contribution is -2.43. The summed E-state index contributed by atoms with van der Waals surface area (Å²) in [6.07, 6.45) is 7.76. The second kappa shape index (κ2) is 9.12. The Kier molecular flexibility index (Phi) is 6.34. The molecule has 4 rings (SSSR count). The number of nitrogens with zero attached hydrogens (tertiary/aromatic N) is 1. The fourth-order valence-electron chi connectivity index (χ4n) is 4.35. The Balaban J connectivity index is 1.26. The van der Waals surface area contributed by atoms with Crippen molar-refractivity contribution in [2.75, 3.05) is 6.61 Å². The molecule has 1 amide bonds. The number of aryl methyl sites for hydroxylation is 2. The number of rotatable bonds is 7. The molecular weight excluding hydrogens is 364 g/mol. The van der Waals surface area contributed by atoms with Crippen LogP contribution in [0.1, 0.15) is 62.0 Å². The molecule has 5 nitrogen and oxygen atoms in total. The van der Waals surface area contributed by atoms with E-state index < -0.39 is 0 Å². The number of carbonyl (C=O) groups is 1. The highest BCUT2D eigenvalue weighted by molar-refractivity contribution is 5.79. The predicted molar refractivity (Wildman–Crippen MR) is 112 cm³/mol. The number of amides is 1. The van der Waals surface area contributed by atoms with E-state index in [1.165, 1.54) is 18.4 Å². The summed E-state index contributed by atoms with van der Waals surface area (Å²) < 4.78 is 11.9. The lowest BCUT2D eigenvalue weighted by Gasteiger charge is -2.32. The molecule has 2 aromatic rings. The van der Waals surface area contributed by atoms with Crippen LogP contribution in [0.4, 0.5) is 0 Å². The fourth-order valence-corrected chi connectivity index (χ4v) is 4.35. The van der Waals surface area contributed by atoms with Crippen LogP contribution in [-0.4, -0.2) is 23.5 Å². The summed E-state index contributed by atoms with van der Waals surface area (Å²) in [6.45, 7) is 5.19. The van der Waals surface area contributed by atoms with Crippen molar-refractivity contribution < 1.29 is 13.9 Å². The molecule has 2 aliphatic carbocycles. The fraction of sp³-hybridized carbons (Fsp3) is 0.583. The monoisotopic (exact) mass is 396 g/mol. The van der Waals surface area contributed by atoms with Crippen LogP contribution < -0.4 is 5.32 Å². The Hall–Kier alpha value is -2.14. The highest BCUT2D eigenvalue weighted by Gasteiger charge is 2.29. The van der Waals surface area contributed by atoms with Crippen molar-refractivity contribution >= 4 is 5.91 Å². The van der Waals surface area contributed by atoms with E-state index in [1.807, 2.05) is 19.1 Å². The first-order valence-electron chi connectivity index (χ1n) is 11.0. The average Bonchev–Trinajstić information content (AvgIpc) is 3.01. The number of oxazole rings is 1. The zero-order chi connectivity index (χ0) is 20.2. The summed E-state index contributed by atoms with van der Waals surface area (Å²) in [6, 6.07) is 8.49. The Bertz CT molecular complexity index is 840. The number of hydrogen-bond donors (Lipinski definition) is 1. The first-order chi connectivity index (χ1) is 14.1. The van der Waals surface area contributed by atoms with E-state index >= 15 is 0 Å². The maximum Gasteiger partial charge on any atom is 0.226 e. The minimum atomic E-state index is 0.268. The van der Waals surface area contributed by atoms with Crippen molar-refractivity contribution in [1.29, 1.82) is 0 Å². The van der Waals surface area contributed by atoms with Crippen LogP contribution >= 0.6 is 0 Å². The van der Waals surface area contributed by atoms with Gasteiger partial charge in [0.15, 0.2) is 0 Å². The van der Waals surface area contributed by atoms with E-state index in [2.05, 4.69) is 29.4 Å². The summed E-state index contributed by atoms with van der Waals surface area (Å²) in [4.78, 5) is 16.9. The number of nitrogens with one attached hydrogen (secondary N) is 1. The normalized spacial score (nSPS) is 22.3. The van der Waals surface area contributed by atoms with Crippen molar-refractivity contribution in [3.63, 3.8) is 0 Å². The molecule has 2 saturated carbocycles. The third-order valence-electron chi connectivity index (χ3n) is 6.36. The second-order valence-electron chi connectivity index (χ2n) is 8.77. The zero-order valence-electron chi connectivity index (χ0n) is 17.6. The number of hydrogen-bond acceptors (Lipinski definition) is 4. The Morgan fingerprint density at radius 3 is 2.79 bits per heavy atom. The molecule has 2 unspecified atom stereocenters. The number of ether oxygens (including phenoxy) is 1. The van der Waals surface area contributed by atoms with Gasteiger partial charge in [0.1, 0.15) is 11.5 Å². The van der Waals surface area contributed by atoms with E-state index in [0.29, 0.717) is 31.1 Å². The van der Waals surface area contributed by atoms with E-state index in [0.717, 1.165) is 49.1 Å². The molecule has 29 heavy (non-hydrogen) atoms. The summed E-state index contributed by atoms with van der Waals surface area (Å²) in [5.74, 6) is 2.50. The molecule has 0 spiro atoms. The summed E-state index contributed by atoms with van der Waals surface area (Å²) in [7, 11) is 0. The molecule has 5 heteroatoms. The van der Waals surface area contributed by atoms with Gasteiger partial charge in [-0.1, -0.05) is 30.5 Å². The van der Waals surface area contributed by atoms with Crippen LogP contribution in [0.25, 0.3) is 11.5 Å². The molecule has 2 fully saturated rings. The van der Waals surface area contributed by atoms with Crippen molar-refractivity contribution in [1.82, 2.24) is 10.3 Å². The molecule has 2 aliphatic rings. The standard InChI is InChI=1S/C24H32N2O3/c1-16-6-3-10-20(12-16)24-26-22(17(2)29-24)15-28-14-18-7-4-11-21(13-18)25-23(27)19-8-5-9-19/h3,6,10,12,18-19,21H,4-5,7-9,11,13-15H2,1-2H3,(H,25,27). The molecule has 1 heterocycles. The third kappa shape index (κ3) is 5.08. The van der Waals surface area contributed by atoms with Gasteiger partial charge in [0.05, 0.1) is 6.61 Å². The SMILES string of the molecule is Cc1cccc(-c2nc(COCC3CCCC(NC(=O)C4CCC4)C3)c(C)o2)c1. The Labute approximate surface area is 173 Å². The van der Waals surface area contributed by atoms with Crippen LogP contribution in [0.3, 0.4) is 0 Å². The molecule has 156 valence electrons. The minimum absolute atomic E-state index is 0.268. The van der Waals surface area contributed by atoms with Gasteiger partial charge in [-0.2, -0.15) is 0 Å². The molecular formula is C24H32N2O3. The van der Waals surface area contributed by atoms with Crippen LogP contribution in [0.5, 0.6) is 0 Å². The first-order valence-corrected chi connectivity index (χ1v) is 11.0. The van der Waals surface area contributed by atoms with E-state index in [4.69, 9.17) is 9.15 Å². The molecule has 0 radical (unpaired) electrons. The molecule has 1 N–H and O–H groups in total. The largest absolute Gasteiger partial charge is 0.441 e. The second-order valence-corrected chi connectivity index (χ2v) is 8.77. The van der Waals surface area contributed by atoms with Crippen LogP contribution in [-0.2, 0) is 16.1 Å². The maximum atomic E-state index is 12.2. The molecule has 0 bridgehead atoms. The van der Waals surface area contributed by atoms with Gasteiger partial charge in [0.2, 0.25) is 11.8 Å². The quantitative estimate of drug-likeness (QED) is 0.719. The number of aromatic nitrogens is 1. The van der Waals surface area contributed by atoms with Gasteiger partial charge >= 0.3 is 0 Å². The van der Waals surface area contributed by atoms with Gasteiger partial charge in [0.25, 0.3) is 0 Å². The number of benzene rings is 1. The maximum absolute atomic E-state index is 12.2. The Morgan fingerprint density at radius 1 is 1.21 bits per heavy atom. The van der Waals surface area contributed by atoms with Gasteiger partial charge < -0.3 is 14.5 Å². The molecule has 0 saturated heterocycles. The predicted octanol–water partition coefficient (Wildman–Crippen LogP) is 4.95. The zero-order valence-corrected chi connectivity index (χ0v) is 17.6. The highest BCUT2D eigenvalue weighted by atomic mass is 16.5. The van der Waals surface area contributed by atoms with Crippen LogP contribution in [0, 0.1) is 25.7 Å². The lowest BCUT2D eigenvalue weighted by molar-refractivity contribution is -0.128. The van der Waals surface area contributed by atoms with Crippen molar-refractivity contribution in [3.8, 4) is 11.5 Å². The number of carbonyl (C=O) groups excluding carboxylic acids is 1. The lowest BCUT2D eigenvalue weighted by atomic mass is 9.83. The molecule has 2 atom stereocenters.